The average molecular weight is 850 g/mol. The van der Waals surface area contributed by atoms with E-state index in [-0.39, 0.29) is 27.5 Å². The molecule has 0 unspecified atom stereocenters. The summed E-state index contributed by atoms with van der Waals surface area (Å²) in [6.45, 7) is 5.17. The van der Waals surface area contributed by atoms with Crippen molar-refractivity contribution in [3.8, 4) is 23.0 Å². The Balaban J connectivity index is 0.879. The monoisotopic (exact) mass is 849 g/mol. The van der Waals surface area contributed by atoms with Crippen molar-refractivity contribution in [3.63, 3.8) is 0 Å². The van der Waals surface area contributed by atoms with Gasteiger partial charge in [-0.3, -0.25) is 9.69 Å². The zero-order valence-corrected chi connectivity index (χ0v) is 35.6. The molecule has 4 fully saturated rings. The summed E-state index contributed by atoms with van der Waals surface area (Å²) < 4.78 is 41.3. The maximum atomic E-state index is 13.8. The van der Waals surface area contributed by atoms with Crippen LogP contribution in [0.25, 0.3) is 11.0 Å². The minimum absolute atomic E-state index is 0.0916. The number of ether oxygens (including phenoxy) is 2. The number of amides is 1. The fraction of sp³-hybridized carbons (Fsp3) is 0.457. The predicted octanol–water partition coefficient (Wildman–Crippen LogP) is 7.52. The van der Waals surface area contributed by atoms with Crippen LogP contribution in [0.1, 0.15) is 93.2 Å². The molecular formula is C46H55N7O7S. The molecule has 2 aromatic carbocycles. The molecule has 4 aliphatic rings. The molecule has 5 aromatic rings. The van der Waals surface area contributed by atoms with Crippen LogP contribution >= 0.6 is 0 Å². The number of phenols is 1. The Kier molecular flexibility index (Phi) is 11.1. The molecule has 2 aliphatic carbocycles. The first-order valence-electron chi connectivity index (χ1n) is 21.5. The minimum atomic E-state index is -4.43. The average Bonchev–Trinajstić information content (AvgIpc) is 3.93. The fourth-order valence-corrected chi connectivity index (χ4v) is 11.1. The van der Waals surface area contributed by atoms with Gasteiger partial charge in [-0.2, -0.15) is 0 Å². The Labute approximate surface area is 356 Å². The first-order valence-corrected chi connectivity index (χ1v) is 23.0. The van der Waals surface area contributed by atoms with E-state index in [1.165, 1.54) is 43.2 Å². The number of aromatic amines is 1. The van der Waals surface area contributed by atoms with E-state index in [9.17, 15) is 23.4 Å². The molecule has 2 saturated carbocycles. The number of fused-ring (bicyclic) bond motifs is 1. The maximum Gasteiger partial charge on any atom is 0.287 e. The number of aromatic nitrogens is 3. The maximum absolute atomic E-state index is 13.8. The number of nitrogens with one attached hydrogen (secondary N) is 3. The van der Waals surface area contributed by atoms with E-state index in [1.807, 2.05) is 19.1 Å². The number of carbonyl (C=O) groups is 1. The molecule has 1 amide bonds. The minimum Gasteiger partial charge on any atom is -0.506 e. The van der Waals surface area contributed by atoms with Crippen LogP contribution in [0, 0.1) is 11.3 Å². The molecule has 2 saturated heterocycles. The van der Waals surface area contributed by atoms with Gasteiger partial charge in [-0.05, 0) is 119 Å². The number of nitrogens with zero attached hydrogens (tertiary/aromatic N) is 4. The summed E-state index contributed by atoms with van der Waals surface area (Å²) in [5.41, 5.74) is 2.55. The Morgan fingerprint density at radius 1 is 0.951 bits per heavy atom. The van der Waals surface area contributed by atoms with Crippen LogP contribution in [0.15, 0.2) is 84.1 Å². The van der Waals surface area contributed by atoms with Crippen LogP contribution in [-0.2, 0) is 10.0 Å². The highest BCUT2D eigenvalue weighted by atomic mass is 32.2. The number of aliphatic hydroxyl groups is 1. The third-order valence-electron chi connectivity index (χ3n) is 13.7. The molecule has 0 bridgehead atoms. The molecule has 15 heteroatoms. The van der Waals surface area contributed by atoms with Gasteiger partial charge in [-0.1, -0.05) is 18.2 Å². The molecule has 5 N–H and O–H groups in total. The summed E-state index contributed by atoms with van der Waals surface area (Å²) in [7, 11) is -2.68. The van der Waals surface area contributed by atoms with Gasteiger partial charge in [0.1, 0.15) is 22.9 Å². The first-order chi connectivity index (χ1) is 29.4. The van der Waals surface area contributed by atoms with E-state index in [0.29, 0.717) is 54.5 Å². The molecular weight excluding hydrogens is 795 g/mol. The van der Waals surface area contributed by atoms with E-state index in [0.717, 1.165) is 74.6 Å². The topological polar surface area (TPSA) is 182 Å². The summed E-state index contributed by atoms with van der Waals surface area (Å²) in [5.74, 6) is 0.506. The fourth-order valence-electron chi connectivity index (χ4n) is 10.1. The number of pyridine rings is 2. The number of anilines is 2. The highest BCUT2D eigenvalue weighted by Crippen LogP contribution is 2.54. The standard InChI is InChI=1S/C46H55N7O7S/c1-45(56)14-11-30(12-15-45)27-48-37-10-9-35(24-39(37)54)61(57,58)51-44(55)42-41(60-34-22-31-13-18-47-43(31)50-29-34)23-32(28-49-42)52-20-16-46(17-21-52)25-33(26-46)53-19-5-7-38(53)36-6-3-4-8-40(36)59-2/h3-4,6,8-10,13,18,22-24,28-30,33,38,48,54,56H,5,7,11-12,14-17,19-21,25-27H2,1-2H3,(H,47,50)(H,51,55)/t30?,38-,45?/m0/s1. The van der Waals surface area contributed by atoms with Gasteiger partial charge in [0.15, 0.2) is 11.4 Å². The third kappa shape index (κ3) is 8.60. The van der Waals surface area contributed by atoms with Gasteiger partial charge >= 0.3 is 0 Å². The molecule has 3 aromatic heterocycles. The summed E-state index contributed by atoms with van der Waals surface area (Å²) >= 11 is 0. The largest absolute Gasteiger partial charge is 0.506 e. The number of para-hydroxylation sites is 1. The number of methoxy groups -OCH3 is 1. The number of hydrogen-bond acceptors (Lipinski definition) is 12. The highest BCUT2D eigenvalue weighted by molar-refractivity contribution is 7.90. The van der Waals surface area contributed by atoms with Crippen molar-refractivity contribution in [2.24, 2.45) is 11.3 Å². The van der Waals surface area contributed by atoms with Crippen LogP contribution in [0.3, 0.4) is 0 Å². The van der Waals surface area contributed by atoms with Gasteiger partial charge in [0.2, 0.25) is 0 Å². The molecule has 2 aliphatic heterocycles. The zero-order chi connectivity index (χ0) is 42.4. The van der Waals surface area contributed by atoms with Gasteiger partial charge in [-0.15, -0.1) is 0 Å². The number of phenolic OH excluding ortho intramolecular Hbond substituents is 1. The molecule has 61 heavy (non-hydrogen) atoms. The van der Waals surface area contributed by atoms with E-state index in [1.54, 1.807) is 31.6 Å². The second kappa shape index (κ2) is 16.5. The summed E-state index contributed by atoms with van der Waals surface area (Å²) in [6.07, 6.45) is 14.8. The van der Waals surface area contributed by atoms with E-state index >= 15 is 0 Å². The van der Waals surface area contributed by atoms with Gasteiger partial charge in [0.05, 0.1) is 41.4 Å². The zero-order valence-electron chi connectivity index (χ0n) is 34.8. The lowest BCUT2D eigenvalue weighted by molar-refractivity contribution is -0.0229. The lowest BCUT2D eigenvalue weighted by atomic mass is 9.60. The van der Waals surface area contributed by atoms with Crippen LogP contribution in [0.2, 0.25) is 0 Å². The van der Waals surface area contributed by atoms with Gasteiger partial charge < -0.3 is 34.9 Å². The molecule has 14 nitrogen and oxygen atoms in total. The second-order valence-electron chi connectivity index (χ2n) is 17.9. The number of H-pyrrole nitrogens is 1. The Morgan fingerprint density at radius 2 is 1.74 bits per heavy atom. The normalized spacial score (nSPS) is 23.2. The number of benzene rings is 2. The first kappa shape index (κ1) is 41.0. The van der Waals surface area contributed by atoms with E-state index in [2.05, 4.69) is 53.0 Å². The van der Waals surface area contributed by atoms with Crippen molar-refractivity contribution in [1.29, 1.82) is 0 Å². The van der Waals surface area contributed by atoms with Crippen molar-refractivity contribution in [2.75, 3.05) is 43.5 Å². The molecule has 322 valence electrons. The number of rotatable bonds is 12. The van der Waals surface area contributed by atoms with Crippen LogP contribution in [0.5, 0.6) is 23.0 Å². The Morgan fingerprint density at radius 3 is 2.51 bits per heavy atom. The molecule has 5 heterocycles. The van der Waals surface area contributed by atoms with Crippen molar-refractivity contribution in [2.45, 2.75) is 93.7 Å². The number of carbonyl (C=O) groups excluding carboxylic acids is 1. The second-order valence-corrected chi connectivity index (χ2v) is 19.5. The predicted molar refractivity (Wildman–Crippen MR) is 233 cm³/mol. The number of piperidine rings is 1. The lowest BCUT2D eigenvalue weighted by Crippen LogP contribution is -2.54. The molecule has 0 radical (unpaired) electrons. The Bertz CT molecular complexity index is 2500. The SMILES string of the molecule is COc1ccccc1[C@@H]1CCCN1C1CC2(CCN(c3cnc(C(=O)NS(=O)(=O)c4ccc(NCC5CCC(C)(O)CC5)c(O)c4)c(Oc4cnc5[nH]ccc5c4)c3)CC2)C1. The van der Waals surface area contributed by atoms with Crippen LogP contribution in [-0.4, -0.2) is 89.3 Å². The number of hydrogen-bond donors (Lipinski definition) is 5. The van der Waals surface area contributed by atoms with Gasteiger partial charge in [-0.25, -0.2) is 23.1 Å². The summed E-state index contributed by atoms with van der Waals surface area (Å²) in [5, 5.41) is 25.1. The number of sulfonamides is 1. The lowest BCUT2D eigenvalue weighted by Gasteiger charge is -2.56. The van der Waals surface area contributed by atoms with Crippen molar-refractivity contribution >= 4 is 38.3 Å². The van der Waals surface area contributed by atoms with E-state index < -0.39 is 21.5 Å². The number of likely N-dealkylation sites (tertiary alicyclic amines) is 1. The van der Waals surface area contributed by atoms with Gasteiger partial charge in [0.25, 0.3) is 15.9 Å². The molecule has 1 atom stereocenters. The summed E-state index contributed by atoms with van der Waals surface area (Å²) in [6, 6.07) is 18.7. The number of aromatic hydroxyl groups is 1. The van der Waals surface area contributed by atoms with Crippen LogP contribution < -0.4 is 24.4 Å². The van der Waals surface area contributed by atoms with Crippen LogP contribution in [0.4, 0.5) is 11.4 Å². The quantitative estimate of drug-likeness (QED) is 0.0780. The molecule has 1 spiro atoms. The molecule has 9 rings (SSSR count). The van der Waals surface area contributed by atoms with Crippen molar-refractivity contribution in [3.05, 3.63) is 90.5 Å². The van der Waals surface area contributed by atoms with Crippen molar-refractivity contribution in [1.82, 2.24) is 24.6 Å². The Hall–Kier alpha value is -5.38. The summed E-state index contributed by atoms with van der Waals surface area (Å²) in [4.78, 5) is 30.5. The third-order valence-corrected chi connectivity index (χ3v) is 15.0. The van der Waals surface area contributed by atoms with Crippen molar-refractivity contribution < 1.29 is 32.9 Å². The van der Waals surface area contributed by atoms with E-state index in [4.69, 9.17) is 9.47 Å². The highest BCUT2D eigenvalue weighted by Gasteiger charge is 2.50. The smallest absolute Gasteiger partial charge is 0.287 e. The van der Waals surface area contributed by atoms with Gasteiger partial charge in [0, 0.05) is 61.0 Å².